The fourth-order valence-electron chi connectivity index (χ4n) is 3.88. The smallest absolute Gasteiger partial charge is 0.175 e. The lowest BCUT2D eigenvalue weighted by atomic mass is 9.82. The molecule has 0 saturated carbocycles. The van der Waals surface area contributed by atoms with Crippen LogP contribution in [0.3, 0.4) is 0 Å². The van der Waals surface area contributed by atoms with Gasteiger partial charge >= 0.3 is 0 Å². The van der Waals surface area contributed by atoms with Gasteiger partial charge in [-0.05, 0) is 67.3 Å². The second-order valence-electron chi connectivity index (χ2n) is 8.62. The van der Waals surface area contributed by atoms with E-state index in [1.807, 2.05) is 18.2 Å². The number of nitrogens with zero attached hydrogens (tertiary/aromatic N) is 1. The van der Waals surface area contributed by atoms with Crippen molar-refractivity contribution in [3.63, 3.8) is 0 Å². The predicted molar refractivity (Wildman–Crippen MR) is 101 cm³/mol. The largest absolute Gasteiger partial charge is 0.303 e. The molecule has 0 unspecified atom stereocenters. The molecule has 0 atom stereocenters. The van der Waals surface area contributed by atoms with Gasteiger partial charge < -0.3 is 4.90 Å². The Morgan fingerprint density at radius 3 is 2.38 bits per heavy atom. The van der Waals surface area contributed by atoms with E-state index in [2.05, 4.69) is 32.6 Å². The standard InChI is InChI=1S/C20H33NO2S/c1-16(2)18-9-11-21(12-10-18)15-20(3,4)14-17-7-6-8-19(13-17)24(5,22)23/h6-8,13,16,18H,9-12,14-15H2,1-5H3. The Labute approximate surface area is 148 Å². The summed E-state index contributed by atoms with van der Waals surface area (Å²) in [5.74, 6) is 1.66. The molecule has 24 heavy (non-hydrogen) atoms. The highest BCUT2D eigenvalue weighted by Crippen LogP contribution is 2.29. The Hall–Kier alpha value is -0.870. The molecule has 0 N–H and O–H groups in total. The first-order valence-electron chi connectivity index (χ1n) is 9.08. The minimum atomic E-state index is -3.13. The molecule has 4 heteroatoms. The zero-order valence-corrected chi connectivity index (χ0v) is 16.7. The van der Waals surface area contributed by atoms with Gasteiger partial charge in [0.05, 0.1) is 4.90 Å². The van der Waals surface area contributed by atoms with Gasteiger partial charge in [-0.1, -0.05) is 39.8 Å². The van der Waals surface area contributed by atoms with E-state index in [1.54, 1.807) is 6.07 Å². The van der Waals surface area contributed by atoms with Crippen LogP contribution in [-0.2, 0) is 16.3 Å². The van der Waals surface area contributed by atoms with Gasteiger partial charge in [0.2, 0.25) is 0 Å². The van der Waals surface area contributed by atoms with Crippen LogP contribution in [0.1, 0.15) is 46.1 Å². The summed E-state index contributed by atoms with van der Waals surface area (Å²) in [5.41, 5.74) is 1.25. The highest BCUT2D eigenvalue weighted by molar-refractivity contribution is 7.90. The fourth-order valence-corrected chi connectivity index (χ4v) is 4.57. The summed E-state index contributed by atoms with van der Waals surface area (Å²) >= 11 is 0. The number of rotatable bonds is 6. The van der Waals surface area contributed by atoms with Gasteiger partial charge in [0.1, 0.15) is 0 Å². The van der Waals surface area contributed by atoms with Crippen LogP contribution in [0, 0.1) is 17.3 Å². The first kappa shape index (κ1) is 19.5. The molecule has 1 aliphatic heterocycles. The lowest BCUT2D eigenvalue weighted by molar-refractivity contribution is 0.113. The second-order valence-corrected chi connectivity index (χ2v) is 10.6. The molecule has 0 aliphatic carbocycles. The van der Waals surface area contributed by atoms with Crippen molar-refractivity contribution in [3.8, 4) is 0 Å². The van der Waals surface area contributed by atoms with E-state index in [-0.39, 0.29) is 5.41 Å². The quantitative estimate of drug-likeness (QED) is 0.776. The average Bonchev–Trinajstić information content (AvgIpc) is 2.46. The highest BCUT2D eigenvalue weighted by Gasteiger charge is 2.27. The molecule has 0 radical (unpaired) electrons. The predicted octanol–water partition coefficient (Wildman–Crippen LogP) is 4.03. The molecule has 1 saturated heterocycles. The summed E-state index contributed by atoms with van der Waals surface area (Å²) < 4.78 is 23.5. The Morgan fingerprint density at radius 2 is 1.83 bits per heavy atom. The van der Waals surface area contributed by atoms with Crippen molar-refractivity contribution in [2.45, 2.75) is 51.9 Å². The van der Waals surface area contributed by atoms with Crippen LogP contribution in [0.25, 0.3) is 0 Å². The van der Waals surface area contributed by atoms with Gasteiger partial charge in [-0.2, -0.15) is 0 Å². The number of sulfone groups is 1. The van der Waals surface area contributed by atoms with Crippen LogP contribution < -0.4 is 0 Å². The van der Waals surface area contributed by atoms with Crippen LogP contribution in [0.4, 0.5) is 0 Å². The highest BCUT2D eigenvalue weighted by atomic mass is 32.2. The molecule has 1 aromatic carbocycles. The first-order valence-corrected chi connectivity index (χ1v) is 11.0. The molecule has 0 spiro atoms. The van der Waals surface area contributed by atoms with E-state index >= 15 is 0 Å². The fraction of sp³-hybridized carbons (Fsp3) is 0.700. The third-order valence-electron chi connectivity index (χ3n) is 5.24. The van der Waals surface area contributed by atoms with Crippen molar-refractivity contribution < 1.29 is 8.42 Å². The van der Waals surface area contributed by atoms with E-state index in [9.17, 15) is 8.42 Å². The summed E-state index contributed by atoms with van der Waals surface area (Å²) in [4.78, 5) is 3.01. The molecular formula is C20H33NO2S. The summed E-state index contributed by atoms with van der Waals surface area (Å²) in [6, 6.07) is 7.42. The summed E-state index contributed by atoms with van der Waals surface area (Å²) in [5, 5.41) is 0. The average molecular weight is 352 g/mol. The van der Waals surface area contributed by atoms with E-state index in [0.29, 0.717) is 4.90 Å². The first-order chi connectivity index (χ1) is 11.1. The molecule has 1 aliphatic rings. The number of hydrogen-bond donors (Lipinski definition) is 0. The Balaban J connectivity index is 1.97. The number of piperidine rings is 1. The van der Waals surface area contributed by atoms with Crippen molar-refractivity contribution in [2.24, 2.45) is 17.3 Å². The molecule has 2 rings (SSSR count). The Bertz CT molecular complexity index is 641. The second kappa shape index (κ2) is 7.57. The SMILES string of the molecule is CC(C)C1CCN(CC(C)(C)Cc2cccc(S(C)(=O)=O)c2)CC1. The summed E-state index contributed by atoms with van der Waals surface area (Å²) in [7, 11) is -3.13. The molecule has 0 bridgehead atoms. The molecule has 1 aromatic rings. The molecular weight excluding hydrogens is 318 g/mol. The monoisotopic (exact) mass is 351 g/mol. The Kier molecular flexibility index (Phi) is 6.14. The lowest BCUT2D eigenvalue weighted by Crippen LogP contribution is -2.41. The minimum absolute atomic E-state index is 0.140. The minimum Gasteiger partial charge on any atom is -0.303 e. The van der Waals surface area contributed by atoms with Gasteiger partial charge in [0.15, 0.2) is 9.84 Å². The third-order valence-corrected chi connectivity index (χ3v) is 6.35. The third kappa shape index (κ3) is 5.59. The van der Waals surface area contributed by atoms with E-state index in [1.165, 1.54) is 32.2 Å². The van der Waals surface area contributed by atoms with Crippen molar-refractivity contribution in [1.29, 1.82) is 0 Å². The molecule has 0 amide bonds. The van der Waals surface area contributed by atoms with Crippen molar-refractivity contribution in [2.75, 3.05) is 25.9 Å². The van der Waals surface area contributed by atoms with Gasteiger partial charge in [-0.15, -0.1) is 0 Å². The van der Waals surface area contributed by atoms with E-state index in [0.717, 1.165) is 30.4 Å². The number of benzene rings is 1. The number of hydrogen-bond acceptors (Lipinski definition) is 3. The van der Waals surface area contributed by atoms with E-state index in [4.69, 9.17) is 0 Å². The zero-order valence-electron chi connectivity index (χ0n) is 15.9. The lowest BCUT2D eigenvalue weighted by Gasteiger charge is -2.38. The molecule has 136 valence electrons. The van der Waals surface area contributed by atoms with Crippen molar-refractivity contribution in [3.05, 3.63) is 29.8 Å². The summed E-state index contributed by atoms with van der Waals surface area (Å²) in [6.45, 7) is 12.7. The van der Waals surface area contributed by atoms with Crippen LogP contribution in [0.2, 0.25) is 0 Å². The van der Waals surface area contributed by atoms with Crippen molar-refractivity contribution in [1.82, 2.24) is 4.90 Å². The maximum atomic E-state index is 11.7. The van der Waals surface area contributed by atoms with Gasteiger partial charge in [-0.3, -0.25) is 0 Å². The van der Waals surface area contributed by atoms with Crippen LogP contribution >= 0.6 is 0 Å². The molecule has 1 heterocycles. The topological polar surface area (TPSA) is 37.4 Å². The van der Waals surface area contributed by atoms with E-state index < -0.39 is 9.84 Å². The van der Waals surface area contributed by atoms with Crippen LogP contribution in [0.5, 0.6) is 0 Å². The van der Waals surface area contributed by atoms with Gasteiger partial charge in [0.25, 0.3) is 0 Å². The van der Waals surface area contributed by atoms with Crippen LogP contribution in [0.15, 0.2) is 29.2 Å². The molecule has 3 nitrogen and oxygen atoms in total. The zero-order chi connectivity index (χ0) is 18.0. The van der Waals surface area contributed by atoms with Crippen molar-refractivity contribution >= 4 is 9.84 Å². The molecule has 1 fully saturated rings. The van der Waals surface area contributed by atoms with Gasteiger partial charge in [0, 0.05) is 12.8 Å². The maximum absolute atomic E-state index is 11.7. The van der Waals surface area contributed by atoms with Crippen LogP contribution in [-0.4, -0.2) is 39.2 Å². The number of likely N-dealkylation sites (tertiary alicyclic amines) is 1. The summed E-state index contributed by atoms with van der Waals surface area (Å²) in [6.07, 6.45) is 4.78. The normalized spacial score (nSPS) is 18.2. The van der Waals surface area contributed by atoms with Gasteiger partial charge in [-0.25, -0.2) is 8.42 Å². The maximum Gasteiger partial charge on any atom is 0.175 e. The molecule has 0 aromatic heterocycles. The Morgan fingerprint density at radius 1 is 1.21 bits per heavy atom.